The molecule has 10 heteroatoms. The molecule has 2 fully saturated rings. The zero-order valence-electron chi connectivity index (χ0n) is 16.8. The maximum atomic E-state index is 12.7. The topological polar surface area (TPSA) is 79.0 Å². The van der Waals surface area contributed by atoms with Gasteiger partial charge in [-0.3, -0.25) is 19.3 Å². The largest absolute Gasteiger partial charge is 0.378 e. The number of thioether (sulfide) groups is 1. The van der Waals surface area contributed by atoms with Gasteiger partial charge in [-0.05, 0) is 59.8 Å². The predicted octanol–water partition coefficient (Wildman–Crippen LogP) is 4.51. The first-order valence-corrected chi connectivity index (χ1v) is 11.4. The first-order chi connectivity index (χ1) is 15.4. The third-order valence-electron chi connectivity index (χ3n) is 4.95. The number of carbonyl (C=O) groups is 3. The molecule has 166 valence electrons. The highest BCUT2D eigenvalue weighted by atomic mass is 35.5. The van der Waals surface area contributed by atoms with Crippen molar-refractivity contribution in [2.24, 2.45) is 0 Å². The van der Waals surface area contributed by atoms with Gasteiger partial charge in [0.05, 0.1) is 18.1 Å². The number of nitrogens with zero attached hydrogens (tertiary/aromatic N) is 2. The summed E-state index contributed by atoms with van der Waals surface area (Å²) in [5.41, 5.74) is 2.19. The van der Waals surface area contributed by atoms with Crippen molar-refractivity contribution in [3.8, 4) is 0 Å². The molecule has 0 atom stereocenters. The molecule has 2 aliphatic rings. The SMILES string of the molecule is O=C(CN1C(=O)S/C(=C/c2ccc(Cl)cc2Cl)C1=O)Nc1ccc(N2CCOCC2)cc1. The lowest BCUT2D eigenvalue weighted by Gasteiger charge is -2.28. The number of anilines is 2. The summed E-state index contributed by atoms with van der Waals surface area (Å²) in [6.07, 6.45) is 1.52. The number of benzene rings is 2. The van der Waals surface area contributed by atoms with E-state index < -0.39 is 17.1 Å². The van der Waals surface area contributed by atoms with E-state index in [4.69, 9.17) is 27.9 Å². The Hall–Kier alpha value is -2.52. The molecule has 2 saturated heterocycles. The molecule has 2 aliphatic heterocycles. The lowest BCUT2D eigenvalue weighted by molar-refractivity contribution is -0.127. The lowest BCUT2D eigenvalue weighted by Crippen LogP contribution is -2.36. The van der Waals surface area contributed by atoms with Gasteiger partial charge in [-0.2, -0.15) is 0 Å². The Labute approximate surface area is 199 Å². The summed E-state index contributed by atoms with van der Waals surface area (Å²) in [7, 11) is 0. The van der Waals surface area contributed by atoms with Crippen molar-refractivity contribution < 1.29 is 19.1 Å². The average Bonchev–Trinajstić information content (AvgIpc) is 3.04. The molecule has 0 unspecified atom stereocenters. The second-order valence-electron chi connectivity index (χ2n) is 7.13. The van der Waals surface area contributed by atoms with Crippen LogP contribution in [0.2, 0.25) is 10.0 Å². The highest BCUT2D eigenvalue weighted by molar-refractivity contribution is 8.18. The number of rotatable bonds is 5. The van der Waals surface area contributed by atoms with Crippen LogP contribution in [0, 0.1) is 0 Å². The average molecular weight is 492 g/mol. The van der Waals surface area contributed by atoms with Gasteiger partial charge in [-0.15, -0.1) is 0 Å². The van der Waals surface area contributed by atoms with Crippen molar-refractivity contribution in [3.63, 3.8) is 0 Å². The van der Waals surface area contributed by atoms with Gasteiger partial charge in [0.25, 0.3) is 11.1 Å². The highest BCUT2D eigenvalue weighted by Gasteiger charge is 2.36. The Morgan fingerprint density at radius 3 is 2.50 bits per heavy atom. The standard InChI is InChI=1S/C22H19Cl2N3O4S/c23-15-2-1-14(18(24)12-15)11-19-21(29)27(22(30)32-19)13-20(28)25-16-3-5-17(6-4-16)26-7-9-31-10-8-26/h1-6,11-12H,7-10,13H2,(H,25,28)/b19-11+. The number of morpholine rings is 1. The van der Waals surface area contributed by atoms with Crippen molar-refractivity contribution in [2.75, 3.05) is 43.1 Å². The molecule has 0 saturated carbocycles. The molecular weight excluding hydrogens is 473 g/mol. The number of hydrogen-bond donors (Lipinski definition) is 1. The molecule has 0 spiro atoms. The minimum atomic E-state index is -0.538. The number of halogens is 2. The number of hydrogen-bond acceptors (Lipinski definition) is 6. The van der Waals surface area contributed by atoms with Gasteiger partial charge in [0, 0.05) is 34.5 Å². The molecule has 2 heterocycles. The molecule has 4 rings (SSSR count). The summed E-state index contributed by atoms with van der Waals surface area (Å²) in [6, 6.07) is 12.3. The van der Waals surface area contributed by atoms with Crippen LogP contribution in [-0.2, 0) is 14.3 Å². The quantitative estimate of drug-likeness (QED) is 0.620. The summed E-state index contributed by atoms with van der Waals surface area (Å²) >= 11 is 12.8. The predicted molar refractivity (Wildman–Crippen MR) is 127 cm³/mol. The Morgan fingerprint density at radius 1 is 1.09 bits per heavy atom. The molecule has 2 aromatic rings. The van der Waals surface area contributed by atoms with Gasteiger partial charge in [0.1, 0.15) is 6.54 Å². The summed E-state index contributed by atoms with van der Waals surface area (Å²) < 4.78 is 5.35. The van der Waals surface area contributed by atoms with E-state index in [-0.39, 0.29) is 11.4 Å². The van der Waals surface area contributed by atoms with E-state index in [1.54, 1.807) is 30.3 Å². The number of ether oxygens (including phenoxy) is 1. The van der Waals surface area contributed by atoms with Crippen LogP contribution in [0.15, 0.2) is 47.4 Å². The van der Waals surface area contributed by atoms with Gasteiger partial charge in [-0.25, -0.2) is 0 Å². The number of nitrogens with one attached hydrogen (secondary N) is 1. The maximum absolute atomic E-state index is 12.7. The number of carbonyl (C=O) groups excluding carboxylic acids is 3. The van der Waals surface area contributed by atoms with E-state index >= 15 is 0 Å². The fraction of sp³-hybridized carbons (Fsp3) is 0.227. The number of amides is 3. The Morgan fingerprint density at radius 2 is 1.81 bits per heavy atom. The summed E-state index contributed by atoms with van der Waals surface area (Å²) in [5.74, 6) is -0.999. The van der Waals surface area contributed by atoms with Crippen LogP contribution in [0.25, 0.3) is 6.08 Å². The summed E-state index contributed by atoms with van der Waals surface area (Å²) in [4.78, 5) is 40.7. The molecule has 0 aliphatic carbocycles. The number of imide groups is 1. The minimum absolute atomic E-state index is 0.196. The van der Waals surface area contributed by atoms with Crippen LogP contribution in [-0.4, -0.2) is 54.8 Å². The van der Waals surface area contributed by atoms with Gasteiger partial charge in [-0.1, -0.05) is 29.3 Å². The molecule has 0 radical (unpaired) electrons. The van der Waals surface area contributed by atoms with E-state index in [1.165, 1.54) is 6.08 Å². The zero-order valence-corrected chi connectivity index (χ0v) is 19.2. The van der Waals surface area contributed by atoms with Crippen LogP contribution in [0.4, 0.5) is 16.2 Å². The summed E-state index contributed by atoms with van der Waals surface area (Å²) in [5, 5.41) is 3.05. The molecule has 2 aromatic carbocycles. The van der Waals surface area contributed by atoms with Crippen LogP contribution >= 0.6 is 35.0 Å². The molecular formula is C22H19Cl2N3O4S. The van der Waals surface area contributed by atoms with Crippen molar-refractivity contribution in [3.05, 3.63) is 63.0 Å². The van der Waals surface area contributed by atoms with Gasteiger partial charge in [0.2, 0.25) is 5.91 Å². The lowest BCUT2D eigenvalue weighted by atomic mass is 10.2. The normalized spacial score (nSPS) is 17.9. The van der Waals surface area contributed by atoms with Gasteiger partial charge >= 0.3 is 0 Å². The van der Waals surface area contributed by atoms with E-state index in [0.29, 0.717) is 34.5 Å². The fourth-order valence-electron chi connectivity index (χ4n) is 3.32. The van der Waals surface area contributed by atoms with Crippen LogP contribution in [0.3, 0.4) is 0 Å². The monoisotopic (exact) mass is 491 g/mol. The minimum Gasteiger partial charge on any atom is -0.378 e. The summed E-state index contributed by atoms with van der Waals surface area (Å²) in [6.45, 7) is 2.64. The smallest absolute Gasteiger partial charge is 0.294 e. The molecule has 3 amide bonds. The van der Waals surface area contributed by atoms with Crippen LogP contribution in [0.5, 0.6) is 0 Å². The molecule has 1 N–H and O–H groups in total. The zero-order chi connectivity index (χ0) is 22.7. The van der Waals surface area contributed by atoms with Crippen molar-refractivity contribution in [1.29, 1.82) is 0 Å². The molecule has 0 aromatic heterocycles. The van der Waals surface area contributed by atoms with E-state index in [0.717, 1.165) is 35.4 Å². The first-order valence-electron chi connectivity index (χ1n) is 9.84. The Balaban J connectivity index is 1.38. The van der Waals surface area contributed by atoms with E-state index in [9.17, 15) is 14.4 Å². The fourth-order valence-corrected chi connectivity index (χ4v) is 4.61. The first kappa shape index (κ1) is 22.7. The van der Waals surface area contributed by atoms with Gasteiger partial charge in [0.15, 0.2) is 0 Å². The maximum Gasteiger partial charge on any atom is 0.294 e. The van der Waals surface area contributed by atoms with Crippen molar-refractivity contribution >= 4 is 69.5 Å². The van der Waals surface area contributed by atoms with Crippen molar-refractivity contribution in [1.82, 2.24) is 4.90 Å². The van der Waals surface area contributed by atoms with E-state index in [1.807, 2.05) is 12.1 Å². The Bertz CT molecular complexity index is 1090. The van der Waals surface area contributed by atoms with Crippen LogP contribution < -0.4 is 10.2 Å². The van der Waals surface area contributed by atoms with Crippen LogP contribution in [0.1, 0.15) is 5.56 Å². The molecule has 7 nitrogen and oxygen atoms in total. The molecule has 32 heavy (non-hydrogen) atoms. The third kappa shape index (κ3) is 5.27. The van der Waals surface area contributed by atoms with E-state index in [2.05, 4.69) is 10.2 Å². The highest BCUT2D eigenvalue weighted by Crippen LogP contribution is 2.34. The van der Waals surface area contributed by atoms with Crippen molar-refractivity contribution in [2.45, 2.75) is 0 Å². The second-order valence-corrected chi connectivity index (χ2v) is 8.96. The molecule has 0 bridgehead atoms. The Kier molecular flexibility index (Phi) is 7.05. The third-order valence-corrected chi connectivity index (χ3v) is 6.42. The van der Waals surface area contributed by atoms with Gasteiger partial charge < -0.3 is 15.0 Å². The second kappa shape index (κ2) is 9.95.